The molecule has 0 aliphatic heterocycles. The van der Waals surface area contributed by atoms with Gasteiger partial charge >= 0.3 is 4.87 Å². The van der Waals surface area contributed by atoms with Gasteiger partial charge in [-0.15, -0.1) is 0 Å². The molecule has 3 nitrogen and oxygen atoms in total. The lowest BCUT2D eigenvalue weighted by Crippen LogP contribution is -2.22. The standard InChI is InChI=1S/C16H14N2OS2/c1-11-3-7-13(8-4-11)17-15-18(16(19)21-20-15)14-9-5-12(2)6-10-14/h3-10H,1-2H3. The van der Waals surface area contributed by atoms with E-state index in [1.807, 2.05) is 62.4 Å². The number of rotatable bonds is 2. The Kier molecular flexibility index (Phi) is 3.86. The predicted molar refractivity (Wildman–Crippen MR) is 88.9 cm³/mol. The number of aromatic nitrogens is 1. The fourth-order valence-electron chi connectivity index (χ4n) is 1.93. The monoisotopic (exact) mass is 314 g/mol. The van der Waals surface area contributed by atoms with E-state index in [0.717, 1.165) is 11.4 Å². The minimum Gasteiger partial charge on any atom is -0.255 e. The summed E-state index contributed by atoms with van der Waals surface area (Å²) in [6.07, 6.45) is 0. The Morgan fingerprint density at radius 3 is 2.05 bits per heavy atom. The van der Waals surface area contributed by atoms with Gasteiger partial charge in [-0.05, 0) is 58.8 Å². The van der Waals surface area contributed by atoms with E-state index in [9.17, 15) is 4.79 Å². The second-order valence-corrected chi connectivity index (χ2v) is 6.88. The Balaban J connectivity index is 2.15. The average Bonchev–Trinajstić information content (AvgIpc) is 2.83. The summed E-state index contributed by atoms with van der Waals surface area (Å²) in [6, 6.07) is 15.9. The van der Waals surface area contributed by atoms with Crippen molar-refractivity contribution in [3.8, 4) is 5.69 Å². The fourth-order valence-corrected chi connectivity index (χ4v) is 3.81. The topological polar surface area (TPSA) is 34.4 Å². The molecular weight excluding hydrogens is 300 g/mol. The lowest BCUT2D eigenvalue weighted by molar-refractivity contribution is 0.974. The Labute approximate surface area is 129 Å². The molecule has 2 aromatic carbocycles. The highest BCUT2D eigenvalue weighted by atomic mass is 32.9. The van der Waals surface area contributed by atoms with Gasteiger partial charge < -0.3 is 0 Å². The van der Waals surface area contributed by atoms with E-state index in [2.05, 4.69) is 4.99 Å². The van der Waals surface area contributed by atoms with E-state index in [4.69, 9.17) is 0 Å². The molecular formula is C16H14N2OS2. The zero-order chi connectivity index (χ0) is 14.8. The van der Waals surface area contributed by atoms with Gasteiger partial charge in [0.1, 0.15) is 0 Å². The van der Waals surface area contributed by atoms with E-state index in [0.29, 0.717) is 4.80 Å². The van der Waals surface area contributed by atoms with Crippen LogP contribution in [0.4, 0.5) is 5.69 Å². The minimum absolute atomic E-state index is 0.00489. The molecule has 0 atom stereocenters. The first-order chi connectivity index (χ1) is 10.1. The van der Waals surface area contributed by atoms with E-state index >= 15 is 0 Å². The summed E-state index contributed by atoms with van der Waals surface area (Å²) < 4.78 is 1.66. The van der Waals surface area contributed by atoms with Gasteiger partial charge in [0.15, 0.2) is 0 Å². The van der Waals surface area contributed by atoms with Crippen LogP contribution in [0.15, 0.2) is 58.3 Å². The quantitative estimate of drug-likeness (QED) is 0.662. The number of nitrogens with zero attached hydrogens (tertiary/aromatic N) is 2. The van der Waals surface area contributed by atoms with E-state index in [-0.39, 0.29) is 4.87 Å². The maximum absolute atomic E-state index is 12.1. The van der Waals surface area contributed by atoms with Crippen LogP contribution in [-0.2, 0) is 0 Å². The van der Waals surface area contributed by atoms with Crippen molar-refractivity contribution in [2.75, 3.05) is 0 Å². The Bertz CT molecular complexity index is 868. The van der Waals surface area contributed by atoms with Crippen molar-refractivity contribution in [2.24, 2.45) is 4.99 Å². The van der Waals surface area contributed by atoms with Crippen molar-refractivity contribution < 1.29 is 0 Å². The van der Waals surface area contributed by atoms with Crippen LogP contribution in [0.25, 0.3) is 5.69 Å². The number of hydrogen-bond donors (Lipinski definition) is 0. The first-order valence-corrected chi connectivity index (χ1v) is 8.69. The van der Waals surface area contributed by atoms with Gasteiger partial charge in [0.2, 0.25) is 4.80 Å². The van der Waals surface area contributed by atoms with Gasteiger partial charge in [0.05, 0.1) is 11.4 Å². The molecule has 21 heavy (non-hydrogen) atoms. The lowest BCUT2D eigenvalue weighted by atomic mass is 10.2. The molecule has 0 fully saturated rings. The average molecular weight is 314 g/mol. The van der Waals surface area contributed by atoms with Crippen LogP contribution >= 0.6 is 20.7 Å². The molecule has 0 saturated heterocycles. The molecule has 0 radical (unpaired) electrons. The molecule has 0 aliphatic rings. The Morgan fingerprint density at radius 2 is 1.43 bits per heavy atom. The molecule has 106 valence electrons. The van der Waals surface area contributed by atoms with Gasteiger partial charge in [-0.25, -0.2) is 9.56 Å². The molecule has 0 amide bonds. The van der Waals surface area contributed by atoms with Crippen LogP contribution in [0, 0.1) is 13.8 Å². The first-order valence-electron chi connectivity index (χ1n) is 6.54. The third-order valence-electron chi connectivity index (χ3n) is 3.11. The van der Waals surface area contributed by atoms with Crippen LogP contribution in [0.3, 0.4) is 0 Å². The fraction of sp³-hybridized carbons (Fsp3) is 0.125. The van der Waals surface area contributed by atoms with Gasteiger partial charge in [-0.1, -0.05) is 35.4 Å². The lowest BCUT2D eigenvalue weighted by Gasteiger charge is -2.01. The first kappa shape index (κ1) is 14.0. The third kappa shape index (κ3) is 3.04. The van der Waals surface area contributed by atoms with E-state index < -0.39 is 0 Å². The molecule has 5 heteroatoms. The summed E-state index contributed by atoms with van der Waals surface area (Å²) in [7, 11) is 2.61. The van der Waals surface area contributed by atoms with Crippen molar-refractivity contribution in [3.63, 3.8) is 0 Å². The van der Waals surface area contributed by atoms with Gasteiger partial charge in [-0.3, -0.25) is 4.79 Å². The van der Waals surface area contributed by atoms with Crippen molar-refractivity contribution >= 4 is 26.4 Å². The molecule has 0 saturated carbocycles. The number of aryl methyl sites for hydroxylation is 2. The summed E-state index contributed by atoms with van der Waals surface area (Å²) >= 11 is 0. The smallest absolute Gasteiger partial charge is 0.255 e. The molecule has 0 N–H and O–H groups in total. The molecule has 3 rings (SSSR count). The van der Waals surface area contributed by atoms with E-state index in [1.54, 1.807) is 4.57 Å². The zero-order valence-corrected chi connectivity index (χ0v) is 13.4. The third-order valence-corrected chi connectivity index (χ3v) is 5.07. The normalized spacial score (nSPS) is 11.8. The summed E-state index contributed by atoms with van der Waals surface area (Å²) in [6.45, 7) is 4.07. The highest BCUT2D eigenvalue weighted by Gasteiger charge is 2.05. The summed E-state index contributed by atoms with van der Waals surface area (Å²) in [4.78, 5) is 17.4. The van der Waals surface area contributed by atoms with Crippen LogP contribution in [-0.4, -0.2) is 4.57 Å². The SMILES string of the molecule is Cc1ccc(N=c2ssc(=O)n2-c2ccc(C)cc2)cc1. The van der Waals surface area contributed by atoms with Crippen LogP contribution < -0.4 is 9.67 Å². The summed E-state index contributed by atoms with van der Waals surface area (Å²) in [5.74, 6) is 0. The van der Waals surface area contributed by atoms with Crippen molar-refractivity contribution in [1.82, 2.24) is 4.57 Å². The van der Waals surface area contributed by atoms with Crippen molar-refractivity contribution in [2.45, 2.75) is 13.8 Å². The van der Waals surface area contributed by atoms with Crippen LogP contribution in [0.5, 0.6) is 0 Å². The molecule has 3 aromatic rings. The minimum atomic E-state index is -0.00489. The van der Waals surface area contributed by atoms with Crippen molar-refractivity contribution in [3.05, 3.63) is 74.1 Å². The maximum Gasteiger partial charge on any atom is 0.323 e. The second kappa shape index (κ2) is 5.79. The Hall–Kier alpha value is -1.98. The molecule has 0 spiro atoms. The van der Waals surface area contributed by atoms with Crippen LogP contribution in [0.1, 0.15) is 11.1 Å². The number of hydrogen-bond acceptors (Lipinski definition) is 4. The molecule has 1 aromatic heterocycles. The molecule has 0 unspecified atom stereocenters. The van der Waals surface area contributed by atoms with Gasteiger partial charge in [0, 0.05) is 0 Å². The van der Waals surface area contributed by atoms with Crippen molar-refractivity contribution in [1.29, 1.82) is 0 Å². The predicted octanol–water partition coefficient (Wildman–Crippen LogP) is 3.81. The summed E-state index contributed by atoms with van der Waals surface area (Å²) in [5, 5.41) is 0. The van der Waals surface area contributed by atoms with E-state index in [1.165, 1.54) is 31.8 Å². The van der Waals surface area contributed by atoms with Crippen LogP contribution in [0.2, 0.25) is 0 Å². The molecule has 1 heterocycles. The Morgan fingerprint density at radius 1 is 0.857 bits per heavy atom. The molecule has 0 bridgehead atoms. The maximum atomic E-state index is 12.1. The van der Waals surface area contributed by atoms with Gasteiger partial charge in [0.25, 0.3) is 0 Å². The summed E-state index contributed by atoms with van der Waals surface area (Å²) in [5.41, 5.74) is 4.08. The largest absolute Gasteiger partial charge is 0.323 e. The zero-order valence-electron chi connectivity index (χ0n) is 11.7. The molecule has 0 aliphatic carbocycles. The number of benzene rings is 2. The second-order valence-electron chi connectivity index (χ2n) is 4.83. The van der Waals surface area contributed by atoms with Gasteiger partial charge in [-0.2, -0.15) is 0 Å². The highest BCUT2D eigenvalue weighted by Crippen LogP contribution is 2.13. The highest BCUT2D eigenvalue weighted by molar-refractivity contribution is 7.67.